The number of halogens is 2. The van der Waals surface area contributed by atoms with Crippen LogP contribution >= 0.6 is 0 Å². The Hall–Kier alpha value is -3.15. The van der Waals surface area contributed by atoms with E-state index in [-0.39, 0.29) is 23.4 Å². The average Bonchev–Trinajstić information content (AvgIpc) is 3.20. The van der Waals surface area contributed by atoms with Crippen molar-refractivity contribution < 1.29 is 33.0 Å². The zero-order chi connectivity index (χ0) is 26.0. The first-order valence-electron chi connectivity index (χ1n) is 12.4. The maximum atomic E-state index is 13.5. The summed E-state index contributed by atoms with van der Waals surface area (Å²) in [5.74, 6) is -0.993. The van der Waals surface area contributed by atoms with Crippen LogP contribution in [-0.4, -0.2) is 60.3 Å². The third-order valence-corrected chi connectivity index (χ3v) is 7.35. The molecule has 37 heavy (non-hydrogen) atoms. The van der Waals surface area contributed by atoms with E-state index in [1.165, 1.54) is 29.8 Å². The molecule has 9 nitrogen and oxygen atoms in total. The van der Waals surface area contributed by atoms with Crippen LogP contribution in [0.25, 0.3) is 0 Å². The average molecular weight is 517 g/mol. The molecular formula is C26H30F2N4O5. The SMILES string of the molecule is O=C(O)C[C@@H](c1ccc(OC(F)F)cc1)C1NNC(CC2(Cc3ccc4c(n3)NCCC4)COC2)C1=O. The Bertz CT molecular complexity index is 1140. The van der Waals surface area contributed by atoms with Crippen LogP contribution in [-0.2, 0) is 27.2 Å². The quantitative estimate of drug-likeness (QED) is 0.378. The van der Waals surface area contributed by atoms with Crippen molar-refractivity contribution in [2.24, 2.45) is 5.41 Å². The number of anilines is 1. The lowest BCUT2D eigenvalue weighted by Crippen LogP contribution is -2.50. The molecule has 1 aromatic heterocycles. The van der Waals surface area contributed by atoms with Gasteiger partial charge in [-0.3, -0.25) is 9.59 Å². The van der Waals surface area contributed by atoms with Crippen molar-refractivity contribution >= 4 is 17.6 Å². The minimum absolute atomic E-state index is 0.0348. The van der Waals surface area contributed by atoms with Crippen molar-refractivity contribution in [1.82, 2.24) is 15.8 Å². The third-order valence-electron chi connectivity index (χ3n) is 7.35. The number of ketones is 1. The van der Waals surface area contributed by atoms with Gasteiger partial charge in [-0.15, -0.1) is 0 Å². The summed E-state index contributed by atoms with van der Waals surface area (Å²) in [6.07, 6.45) is 2.99. The molecule has 0 spiro atoms. The molecule has 3 atom stereocenters. The number of aromatic nitrogens is 1. The van der Waals surface area contributed by atoms with Crippen molar-refractivity contribution in [3.05, 3.63) is 53.2 Å². The molecule has 2 fully saturated rings. The highest BCUT2D eigenvalue weighted by atomic mass is 19.3. The number of carboxylic acids is 1. The van der Waals surface area contributed by atoms with Gasteiger partial charge in [-0.25, -0.2) is 15.8 Å². The molecule has 0 bridgehead atoms. The van der Waals surface area contributed by atoms with E-state index in [0.29, 0.717) is 31.6 Å². The molecule has 4 N–H and O–H groups in total. The molecule has 4 heterocycles. The number of benzene rings is 1. The number of aryl methyl sites for hydroxylation is 1. The van der Waals surface area contributed by atoms with Crippen molar-refractivity contribution in [1.29, 1.82) is 0 Å². The molecule has 2 saturated heterocycles. The monoisotopic (exact) mass is 516 g/mol. The topological polar surface area (TPSA) is 122 Å². The summed E-state index contributed by atoms with van der Waals surface area (Å²) in [7, 11) is 0. The summed E-state index contributed by atoms with van der Waals surface area (Å²) in [6, 6.07) is 8.58. The number of fused-ring (bicyclic) bond motifs is 1. The van der Waals surface area contributed by atoms with Crippen molar-refractivity contribution in [2.45, 2.75) is 56.7 Å². The Morgan fingerprint density at radius 2 is 1.97 bits per heavy atom. The van der Waals surface area contributed by atoms with Crippen LogP contribution in [0, 0.1) is 5.41 Å². The summed E-state index contributed by atoms with van der Waals surface area (Å²) in [6.45, 7) is -1.02. The maximum Gasteiger partial charge on any atom is 0.387 e. The number of hydrogen-bond acceptors (Lipinski definition) is 8. The van der Waals surface area contributed by atoms with E-state index < -0.39 is 30.6 Å². The summed E-state index contributed by atoms with van der Waals surface area (Å²) in [5.41, 5.74) is 8.53. The first-order chi connectivity index (χ1) is 17.8. The van der Waals surface area contributed by atoms with E-state index in [9.17, 15) is 23.5 Å². The lowest BCUT2D eigenvalue weighted by Gasteiger charge is -2.42. The van der Waals surface area contributed by atoms with Crippen LogP contribution in [0.5, 0.6) is 5.75 Å². The number of pyridine rings is 1. The Balaban J connectivity index is 1.28. The lowest BCUT2D eigenvalue weighted by molar-refractivity contribution is -0.137. The maximum absolute atomic E-state index is 13.5. The zero-order valence-electron chi connectivity index (χ0n) is 20.2. The highest BCUT2D eigenvalue weighted by molar-refractivity contribution is 5.92. The largest absolute Gasteiger partial charge is 0.481 e. The number of Topliss-reactive ketones (excluding diaryl/α,β-unsaturated/α-hetero) is 1. The molecule has 0 saturated carbocycles. The smallest absolute Gasteiger partial charge is 0.387 e. The summed E-state index contributed by atoms with van der Waals surface area (Å²) < 4.78 is 34.9. The number of carboxylic acid groups (broad SMARTS) is 1. The normalized spacial score (nSPS) is 23.2. The second-order valence-corrected chi connectivity index (χ2v) is 10.1. The Morgan fingerprint density at radius 3 is 2.65 bits per heavy atom. The molecule has 11 heteroatoms. The van der Waals surface area contributed by atoms with Gasteiger partial charge in [0.05, 0.1) is 31.7 Å². The Kier molecular flexibility index (Phi) is 7.36. The van der Waals surface area contributed by atoms with Crippen LogP contribution < -0.4 is 20.9 Å². The second kappa shape index (κ2) is 10.7. The highest BCUT2D eigenvalue weighted by Crippen LogP contribution is 2.39. The van der Waals surface area contributed by atoms with Gasteiger partial charge >= 0.3 is 12.6 Å². The van der Waals surface area contributed by atoms with Gasteiger partial charge in [0, 0.05) is 23.6 Å². The van der Waals surface area contributed by atoms with Crippen molar-refractivity contribution in [3.8, 4) is 5.75 Å². The number of ether oxygens (including phenoxy) is 2. The van der Waals surface area contributed by atoms with Crippen LogP contribution in [0.1, 0.15) is 42.0 Å². The number of hydrazine groups is 1. The van der Waals surface area contributed by atoms with Gasteiger partial charge in [0.1, 0.15) is 11.6 Å². The van der Waals surface area contributed by atoms with Crippen LogP contribution in [0.4, 0.5) is 14.6 Å². The molecule has 1 aromatic carbocycles. The van der Waals surface area contributed by atoms with E-state index in [1.807, 2.05) is 6.07 Å². The van der Waals surface area contributed by atoms with E-state index >= 15 is 0 Å². The minimum Gasteiger partial charge on any atom is -0.481 e. The van der Waals surface area contributed by atoms with Crippen LogP contribution in [0.2, 0.25) is 0 Å². The standard InChI is InChI=1S/C26H30F2N4O5/c27-25(28)37-18-7-4-15(5-8-18)19(10-21(33)34)22-23(35)20(31-32-22)12-26(13-36-14-26)11-17-6-3-16-2-1-9-29-24(16)30-17/h3-8,19-20,22,25,31-32H,1-2,9-14H2,(H,29,30)(H,33,34)/t19-,20?,22?/m0/s1. The number of nitrogens with zero attached hydrogens (tertiary/aromatic N) is 1. The van der Waals surface area contributed by atoms with Crippen molar-refractivity contribution in [3.63, 3.8) is 0 Å². The summed E-state index contributed by atoms with van der Waals surface area (Å²) >= 11 is 0. The van der Waals surface area contributed by atoms with Gasteiger partial charge in [0.25, 0.3) is 0 Å². The first kappa shape index (κ1) is 25.5. The summed E-state index contributed by atoms with van der Waals surface area (Å²) in [4.78, 5) is 29.9. The predicted octanol–water partition coefficient (Wildman–Crippen LogP) is 2.66. The molecule has 2 aromatic rings. The van der Waals surface area contributed by atoms with E-state index in [1.54, 1.807) is 0 Å². The van der Waals surface area contributed by atoms with E-state index in [0.717, 1.165) is 30.9 Å². The van der Waals surface area contributed by atoms with Crippen LogP contribution in [0.15, 0.2) is 36.4 Å². The first-order valence-corrected chi connectivity index (χ1v) is 12.4. The molecule has 2 unspecified atom stereocenters. The number of aliphatic carboxylic acids is 1. The van der Waals surface area contributed by atoms with E-state index in [4.69, 9.17) is 9.72 Å². The third kappa shape index (κ3) is 5.73. The number of carbonyl (C=O) groups excluding carboxylic acids is 1. The number of carbonyl (C=O) groups is 2. The fourth-order valence-corrected chi connectivity index (χ4v) is 5.48. The van der Waals surface area contributed by atoms with Gasteiger partial charge < -0.3 is 19.9 Å². The Labute approximate surface area is 212 Å². The van der Waals surface area contributed by atoms with Gasteiger partial charge in [-0.05, 0) is 55.0 Å². The molecule has 5 rings (SSSR count). The fraction of sp³-hybridized carbons (Fsp3) is 0.500. The molecular weight excluding hydrogens is 486 g/mol. The highest BCUT2D eigenvalue weighted by Gasteiger charge is 2.47. The molecule has 0 radical (unpaired) electrons. The van der Waals surface area contributed by atoms with Crippen molar-refractivity contribution in [2.75, 3.05) is 25.1 Å². The number of nitrogens with one attached hydrogen (secondary N) is 3. The molecule has 3 aliphatic heterocycles. The molecule has 0 amide bonds. The number of rotatable bonds is 10. The van der Waals surface area contributed by atoms with Gasteiger partial charge in [-0.1, -0.05) is 18.2 Å². The number of hydrogen-bond donors (Lipinski definition) is 4. The van der Waals surface area contributed by atoms with Crippen LogP contribution in [0.3, 0.4) is 0 Å². The fourth-order valence-electron chi connectivity index (χ4n) is 5.48. The Morgan fingerprint density at radius 1 is 1.19 bits per heavy atom. The predicted molar refractivity (Wildman–Crippen MR) is 130 cm³/mol. The van der Waals surface area contributed by atoms with Gasteiger partial charge in [0.2, 0.25) is 0 Å². The minimum atomic E-state index is -2.96. The molecule has 0 aliphatic carbocycles. The zero-order valence-corrected chi connectivity index (χ0v) is 20.2. The van der Waals surface area contributed by atoms with E-state index in [2.05, 4.69) is 27.0 Å². The molecule has 3 aliphatic rings. The second-order valence-electron chi connectivity index (χ2n) is 10.1. The molecule has 198 valence electrons. The number of alkyl halides is 2. The lowest BCUT2D eigenvalue weighted by atomic mass is 9.74. The van der Waals surface area contributed by atoms with Gasteiger partial charge in [0.15, 0.2) is 5.78 Å². The summed E-state index contributed by atoms with van der Waals surface area (Å²) in [5, 5.41) is 12.9. The van der Waals surface area contributed by atoms with Gasteiger partial charge in [-0.2, -0.15) is 8.78 Å².